The molecule has 0 aromatic rings. The van der Waals surface area contributed by atoms with Gasteiger partial charge in [0.2, 0.25) is 0 Å². The van der Waals surface area contributed by atoms with Gasteiger partial charge in [-0.15, -0.1) is 0 Å². The molecule has 0 saturated heterocycles. The maximum atomic E-state index is 10.8. The molecule has 2 aliphatic rings. The fourth-order valence-corrected chi connectivity index (χ4v) is 1.74. The number of hydrogen-bond donors (Lipinski definition) is 0. The maximum Gasteiger partial charge on any atom is 0.136 e. The number of fused-ring (bicyclic) bond motifs is 1. The summed E-state index contributed by atoms with van der Waals surface area (Å²) in [7, 11) is 0. The number of hydrogen-bond acceptors (Lipinski definition) is 1. The van der Waals surface area contributed by atoms with Crippen molar-refractivity contribution in [1.29, 1.82) is 0 Å². The Kier molecular flexibility index (Phi) is 0.496. The molecule has 0 radical (unpaired) electrons. The summed E-state index contributed by atoms with van der Waals surface area (Å²) in [4.78, 5) is 10.8. The molecule has 0 aromatic carbocycles. The van der Waals surface area contributed by atoms with Crippen LogP contribution >= 0.6 is 0 Å². The van der Waals surface area contributed by atoms with Gasteiger partial charge in [0, 0.05) is 5.41 Å². The van der Waals surface area contributed by atoms with E-state index in [9.17, 15) is 4.79 Å². The Bertz CT molecular complexity index is 152. The summed E-state index contributed by atoms with van der Waals surface area (Å²) in [5.41, 5.74) is 0.167. The number of carbonyl (C=O) groups excluding carboxylic acids is 1. The number of carbonyl (C=O) groups is 1. The van der Waals surface area contributed by atoms with Gasteiger partial charge >= 0.3 is 0 Å². The molecule has 0 aromatic heterocycles. The Hall–Kier alpha value is -0.330. The van der Waals surface area contributed by atoms with Crippen molar-refractivity contribution in [3.8, 4) is 0 Å². The average molecular weight is 110 g/mol. The normalized spacial score (nSPS) is 57.2. The van der Waals surface area contributed by atoms with Crippen LogP contribution in [0.2, 0.25) is 0 Å². The number of ketones is 1. The van der Waals surface area contributed by atoms with E-state index in [0.29, 0.717) is 5.78 Å². The smallest absolute Gasteiger partial charge is 0.136 e. The van der Waals surface area contributed by atoms with Crippen molar-refractivity contribution in [3.63, 3.8) is 0 Å². The Morgan fingerprint density at radius 2 is 2.12 bits per heavy atom. The predicted molar refractivity (Wildman–Crippen MR) is 30.4 cm³/mol. The average Bonchev–Trinajstić information content (AvgIpc) is 2.46. The molecule has 8 heavy (non-hydrogen) atoms. The highest BCUT2D eigenvalue weighted by molar-refractivity contribution is 5.88. The molecule has 2 saturated carbocycles. The zero-order chi connectivity index (χ0) is 5.94. The van der Waals surface area contributed by atoms with Crippen LogP contribution in [0.15, 0.2) is 0 Å². The molecule has 2 atom stereocenters. The van der Waals surface area contributed by atoms with Crippen LogP contribution in [0.1, 0.15) is 20.3 Å². The molecule has 44 valence electrons. The Labute approximate surface area is 49.1 Å². The Balaban J connectivity index is 2.17. The molecule has 0 N–H and O–H groups in total. The minimum atomic E-state index is 0.167. The second-order valence-electron chi connectivity index (χ2n) is 3.29. The quantitative estimate of drug-likeness (QED) is 0.496. The molecule has 2 unspecified atom stereocenters. The number of Topliss-reactive ketones (excluding diaryl/α,β-unsaturated/α-hetero) is 1. The van der Waals surface area contributed by atoms with Gasteiger partial charge < -0.3 is 0 Å². The second-order valence-corrected chi connectivity index (χ2v) is 3.29. The van der Waals surface area contributed by atoms with Crippen LogP contribution in [0.25, 0.3) is 0 Å². The lowest BCUT2D eigenvalue weighted by molar-refractivity contribution is -0.123. The van der Waals surface area contributed by atoms with Crippen LogP contribution in [0.4, 0.5) is 0 Å². The van der Waals surface area contributed by atoms with Crippen molar-refractivity contribution in [2.45, 2.75) is 20.3 Å². The second kappa shape index (κ2) is 0.873. The minimum Gasteiger partial charge on any atom is -0.299 e. The first-order valence-corrected chi connectivity index (χ1v) is 3.18. The molecule has 2 rings (SSSR count). The minimum absolute atomic E-state index is 0.167. The van der Waals surface area contributed by atoms with Gasteiger partial charge in [-0.05, 0) is 25.2 Å². The highest BCUT2D eigenvalue weighted by atomic mass is 16.1. The van der Waals surface area contributed by atoms with Gasteiger partial charge in [-0.1, -0.05) is 6.92 Å². The summed E-state index contributed by atoms with van der Waals surface area (Å²) in [6, 6.07) is 0. The van der Waals surface area contributed by atoms with E-state index in [1.54, 1.807) is 6.92 Å². The maximum absolute atomic E-state index is 10.8. The Morgan fingerprint density at radius 3 is 2.12 bits per heavy atom. The van der Waals surface area contributed by atoms with Crippen LogP contribution < -0.4 is 0 Å². The first kappa shape index (κ1) is 4.54. The summed E-state index contributed by atoms with van der Waals surface area (Å²) in [5, 5.41) is 0. The van der Waals surface area contributed by atoms with E-state index >= 15 is 0 Å². The van der Waals surface area contributed by atoms with Crippen molar-refractivity contribution >= 4 is 5.78 Å². The number of rotatable bonds is 1. The molecule has 1 nitrogen and oxygen atoms in total. The van der Waals surface area contributed by atoms with Crippen molar-refractivity contribution in [2.75, 3.05) is 0 Å². The van der Waals surface area contributed by atoms with Gasteiger partial charge in [-0.2, -0.15) is 0 Å². The van der Waals surface area contributed by atoms with E-state index in [1.807, 2.05) is 0 Å². The van der Waals surface area contributed by atoms with Crippen LogP contribution in [0.3, 0.4) is 0 Å². The largest absolute Gasteiger partial charge is 0.299 e. The lowest BCUT2D eigenvalue weighted by Crippen LogP contribution is -2.15. The van der Waals surface area contributed by atoms with Crippen LogP contribution in [0.5, 0.6) is 0 Å². The van der Waals surface area contributed by atoms with E-state index in [2.05, 4.69) is 6.92 Å². The van der Waals surface area contributed by atoms with Crippen molar-refractivity contribution in [1.82, 2.24) is 0 Å². The summed E-state index contributed by atoms with van der Waals surface area (Å²) >= 11 is 0. The fourth-order valence-electron chi connectivity index (χ4n) is 1.74. The highest BCUT2D eigenvalue weighted by Gasteiger charge is 2.75. The summed E-state index contributed by atoms with van der Waals surface area (Å²) in [5.74, 6) is 2.01. The molecule has 0 amide bonds. The molecule has 0 aliphatic heterocycles. The summed E-state index contributed by atoms with van der Waals surface area (Å²) in [6.07, 6.45) is 1.33. The van der Waals surface area contributed by atoms with Gasteiger partial charge in [0.1, 0.15) is 5.78 Å². The van der Waals surface area contributed by atoms with E-state index in [4.69, 9.17) is 0 Å². The van der Waals surface area contributed by atoms with Crippen LogP contribution in [0, 0.1) is 17.3 Å². The standard InChI is InChI=1S/C7H10O/c1-4(8)7(2)5-3-6(5)7/h5-6H,3H2,1-2H3. The summed E-state index contributed by atoms with van der Waals surface area (Å²) < 4.78 is 0. The van der Waals surface area contributed by atoms with Crippen LogP contribution in [-0.4, -0.2) is 5.78 Å². The third kappa shape index (κ3) is 0.263. The monoisotopic (exact) mass is 110 g/mol. The first-order chi connectivity index (χ1) is 3.67. The van der Waals surface area contributed by atoms with Crippen molar-refractivity contribution in [2.24, 2.45) is 17.3 Å². The molecule has 2 fully saturated rings. The van der Waals surface area contributed by atoms with Gasteiger partial charge in [-0.25, -0.2) is 0 Å². The lowest BCUT2D eigenvalue weighted by Gasteiger charge is -2.09. The fraction of sp³-hybridized carbons (Fsp3) is 0.857. The van der Waals surface area contributed by atoms with E-state index in [-0.39, 0.29) is 5.41 Å². The molecule has 2 aliphatic carbocycles. The molecule has 0 spiro atoms. The molecular formula is C7H10O. The van der Waals surface area contributed by atoms with Crippen molar-refractivity contribution in [3.05, 3.63) is 0 Å². The zero-order valence-electron chi connectivity index (χ0n) is 5.27. The van der Waals surface area contributed by atoms with E-state index in [1.165, 1.54) is 6.42 Å². The Morgan fingerprint density at radius 1 is 1.62 bits per heavy atom. The summed E-state index contributed by atoms with van der Waals surface area (Å²) in [6.45, 7) is 3.81. The van der Waals surface area contributed by atoms with Gasteiger partial charge in [0.05, 0.1) is 0 Å². The molecule has 1 heteroatoms. The van der Waals surface area contributed by atoms with Crippen molar-refractivity contribution < 1.29 is 4.79 Å². The van der Waals surface area contributed by atoms with Gasteiger partial charge in [-0.3, -0.25) is 4.79 Å². The van der Waals surface area contributed by atoms with Gasteiger partial charge in [0.15, 0.2) is 0 Å². The SMILES string of the molecule is CC(=O)C1(C)C2CC21. The van der Waals surface area contributed by atoms with Gasteiger partial charge in [0.25, 0.3) is 0 Å². The van der Waals surface area contributed by atoms with E-state index in [0.717, 1.165) is 11.8 Å². The predicted octanol–water partition coefficient (Wildman–Crippen LogP) is 1.23. The third-order valence-corrected chi connectivity index (χ3v) is 2.98. The van der Waals surface area contributed by atoms with Crippen LogP contribution in [-0.2, 0) is 4.79 Å². The highest BCUT2D eigenvalue weighted by Crippen LogP contribution is 2.77. The van der Waals surface area contributed by atoms with E-state index < -0.39 is 0 Å². The first-order valence-electron chi connectivity index (χ1n) is 3.18. The lowest BCUT2D eigenvalue weighted by atomic mass is 9.93. The third-order valence-electron chi connectivity index (χ3n) is 2.98. The molecule has 0 bridgehead atoms. The topological polar surface area (TPSA) is 17.1 Å². The molecule has 0 heterocycles. The molecular weight excluding hydrogens is 100 g/mol. The zero-order valence-corrected chi connectivity index (χ0v) is 5.27.